The van der Waals surface area contributed by atoms with Crippen molar-refractivity contribution in [1.82, 2.24) is 4.90 Å². The van der Waals surface area contributed by atoms with Crippen LogP contribution in [0.5, 0.6) is 0 Å². The summed E-state index contributed by atoms with van der Waals surface area (Å²) in [6, 6.07) is 16.0. The molecule has 1 fully saturated rings. The minimum Gasteiger partial charge on any atom is -0.324 e. The largest absolute Gasteiger partial charge is 0.324 e. The van der Waals surface area contributed by atoms with Crippen LogP contribution in [0.1, 0.15) is 18.4 Å². The van der Waals surface area contributed by atoms with Gasteiger partial charge in [-0.2, -0.15) is 0 Å². The van der Waals surface area contributed by atoms with Crippen molar-refractivity contribution in [2.45, 2.75) is 29.9 Å². The van der Waals surface area contributed by atoms with E-state index in [1.165, 1.54) is 0 Å². The third-order valence-electron chi connectivity index (χ3n) is 4.51. The van der Waals surface area contributed by atoms with Crippen LogP contribution in [-0.2, 0) is 9.84 Å². The molecular weight excluding hydrogens is 336 g/mol. The first-order valence-electron chi connectivity index (χ1n) is 8.38. The van der Waals surface area contributed by atoms with E-state index >= 15 is 0 Å². The van der Waals surface area contributed by atoms with Gasteiger partial charge in [0.25, 0.3) is 0 Å². The standard InChI is InChI=1S/C19H22N2O3S/c1-15-6-5-7-16(14-15)20-19(22)21-12-10-18(11-13-21)25(23,24)17-8-3-2-4-9-17/h2-9,14,18H,10-13H2,1H3,(H,20,22). The van der Waals surface area contributed by atoms with Crippen LogP contribution in [0.2, 0.25) is 0 Å². The molecule has 1 saturated heterocycles. The number of rotatable bonds is 3. The Morgan fingerprint density at radius 3 is 2.36 bits per heavy atom. The lowest BCUT2D eigenvalue weighted by Gasteiger charge is -2.31. The summed E-state index contributed by atoms with van der Waals surface area (Å²) >= 11 is 0. The highest BCUT2D eigenvalue weighted by Gasteiger charge is 2.32. The van der Waals surface area contributed by atoms with Crippen molar-refractivity contribution >= 4 is 21.6 Å². The van der Waals surface area contributed by atoms with Crippen LogP contribution in [-0.4, -0.2) is 37.7 Å². The molecule has 3 rings (SSSR count). The van der Waals surface area contributed by atoms with Gasteiger partial charge in [0.2, 0.25) is 0 Å². The zero-order chi connectivity index (χ0) is 17.9. The van der Waals surface area contributed by atoms with E-state index in [4.69, 9.17) is 0 Å². The van der Waals surface area contributed by atoms with Crippen LogP contribution >= 0.6 is 0 Å². The van der Waals surface area contributed by atoms with Crippen molar-refractivity contribution in [1.29, 1.82) is 0 Å². The summed E-state index contributed by atoms with van der Waals surface area (Å²) in [4.78, 5) is 14.4. The summed E-state index contributed by atoms with van der Waals surface area (Å²) in [6.45, 7) is 2.85. The van der Waals surface area contributed by atoms with Crippen molar-refractivity contribution < 1.29 is 13.2 Å². The van der Waals surface area contributed by atoms with Gasteiger partial charge in [0, 0.05) is 18.8 Å². The number of anilines is 1. The maximum Gasteiger partial charge on any atom is 0.321 e. The third-order valence-corrected chi connectivity index (χ3v) is 6.79. The second-order valence-electron chi connectivity index (χ2n) is 6.34. The first-order chi connectivity index (χ1) is 12.0. The van der Waals surface area contributed by atoms with Gasteiger partial charge in [-0.25, -0.2) is 13.2 Å². The Balaban J connectivity index is 1.61. The number of nitrogens with zero attached hydrogens (tertiary/aromatic N) is 1. The van der Waals surface area contributed by atoms with Crippen LogP contribution in [0.4, 0.5) is 10.5 Å². The fourth-order valence-electron chi connectivity index (χ4n) is 3.10. The molecule has 1 aliphatic heterocycles. The fraction of sp³-hybridized carbons (Fsp3) is 0.316. The number of hydrogen-bond acceptors (Lipinski definition) is 3. The molecule has 0 aromatic heterocycles. The zero-order valence-electron chi connectivity index (χ0n) is 14.2. The molecule has 132 valence electrons. The Morgan fingerprint density at radius 2 is 1.72 bits per heavy atom. The minimum atomic E-state index is -3.33. The van der Waals surface area contributed by atoms with E-state index in [9.17, 15) is 13.2 Å². The highest BCUT2D eigenvalue weighted by molar-refractivity contribution is 7.92. The molecule has 0 saturated carbocycles. The number of nitrogens with one attached hydrogen (secondary N) is 1. The predicted octanol–water partition coefficient (Wildman–Crippen LogP) is 3.47. The smallest absolute Gasteiger partial charge is 0.321 e. The zero-order valence-corrected chi connectivity index (χ0v) is 15.0. The van der Waals surface area contributed by atoms with Crippen molar-refractivity contribution in [3.63, 3.8) is 0 Å². The normalized spacial score (nSPS) is 15.8. The molecule has 6 heteroatoms. The number of hydrogen-bond donors (Lipinski definition) is 1. The Kier molecular flexibility index (Phi) is 5.08. The summed E-state index contributed by atoms with van der Waals surface area (Å²) in [5.41, 5.74) is 1.83. The molecule has 0 bridgehead atoms. The van der Waals surface area contributed by atoms with Gasteiger partial charge in [-0.3, -0.25) is 0 Å². The molecule has 2 amide bonds. The first kappa shape index (κ1) is 17.5. The highest BCUT2D eigenvalue weighted by atomic mass is 32.2. The summed E-state index contributed by atoms with van der Waals surface area (Å²) in [5.74, 6) is 0. The van der Waals surface area contributed by atoms with Gasteiger partial charge < -0.3 is 10.2 Å². The second-order valence-corrected chi connectivity index (χ2v) is 8.57. The van der Waals surface area contributed by atoms with Crippen molar-refractivity contribution in [3.8, 4) is 0 Å². The van der Waals surface area contributed by atoms with Gasteiger partial charge in [0.1, 0.15) is 0 Å². The van der Waals surface area contributed by atoms with Crippen LogP contribution in [0.3, 0.4) is 0 Å². The molecule has 1 heterocycles. The Bertz CT molecular complexity index is 842. The molecule has 0 unspecified atom stereocenters. The summed E-state index contributed by atoms with van der Waals surface area (Å²) < 4.78 is 25.3. The van der Waals surface area contributed by atoms with Gasteiger partial charge in [-0.05, 0) is 49.6 Å². The van der Waals surface area contributed by atoms with Crippen LogP contribution in [0.15, 0.2) is 59.5 Å². The number of likely N-dealkylation sites (tertiary alicyclic amines) is 1. The molecule has 25 heavy (non-hydrogen) atoms. The summed E-state index contributed by atoms with van der Waals surface area (Å²) in [7, 11) is -3.33. The third kappa shape index (κ3) is 4.02. The molecule has 2 aromatic carbocycles. The molecule has 0 atom stereocenters. The van der Waals surface area contributed by atoms with E-state index in [0.717, 1.165) is 11.3 Å². The predicted molar refractivity (Wildman–Crippen MR) is 98.4 cm³/mol. The quantitative estimate of drug-likeness (QED) is 0.914. The fourth-order valence-corrected chi connectivity index (χ4v) is 4.85. The maximum atomic E-state index is 12.7. The lowest BCUT2D eigenvalue weighted by molar-refractivity contribution is 0.200. The number of amides is 2. The summed E-state index contributed by atoms with van der Waals surface area (Å²) in [5, 5.41) is 2.44. The van der Waals surface area contributed by atoms with Gasteiger partial charge in [-0.1, -0.05) is 30.3 Å². The molecule has 0 radical (unpaired) electrons. The first-order valence-corrected chi connectivity index (χ1v) is 9.93. The SMILES string of the molecule is Cc1cccc(NC(=O)N2CCC(S(=O)(=O)c3ccccc3)CC2)c1. The number of carbonyl (C=O) groups excluding carboxylic acids is 1. The Morgan fingerprint density at radius 1 is 1.04 bits per heavy atom. The van der Waals surface area contributed by atoms with Crippen LogP contribution < -0.4 is 5.32 Å². The maximum absolute atomic E-state index is 12.7. The van der Waals surface area contributed by atoms with E-state index in [1.54, 1.807) is 35.2 Å². The molecule has 5 nitrogen and oxygen atoms in total. The average molecular weight is 358 g/mol. The van der Waals surface area contributed by atoms with Crippen molar-refractivity contribution in [2.24, 2.45) is 0 Å². The molecule has 0 aliphatic carbocycles. The molecule has 2 aromatic rings. The lowest BCUT2D eigenvalue weighted by Crippen LogP contribution is -2.44. The Hall–Kier alpha value is -2.34. The number of aryl methyl sites for hydroxylation is 1. The van der Waals surface area contributed by atoms with Gasteiger partial charge in [-0.15, -0.1) is 0 Å². The van der Waals surface area contributed by atoms with Crippen molar-refractivity contribution in [3.05, 3.63) is 60.2 Å². The molecule has 1 aliphatic rings. The van der Waals surface area contributed by atoms with E-state index in [-0.39, 0.29) is 6.03 Å². The molecule has 0 spiro atoms. The topological polar surface area (TPSA) is 66.5 Å². The number of sulfone groups is 1. The van der Waals surface area contributed by atoms with Crippen LogP contribution in [0.25, 0.3) is 0 Å². The van der Waals surface area contributed by atoms with Gasteiger partial charge >= 0.3 is 6.03 Å². The minimum absolute atomic E-state index is 0.179. The van der Waals surface area contributed by atoms with E-state index in [2.05, 4.69) is 5.32 Å². The van der Waals surface area contributed by atoms with Gasteiger partial charge in [0.15, 0.2) is 9.84 Å². The lowest BCUT2D eigenvalue weighted by atomic mass is 10.1. The van der Waals surface area contributed by atoms with Crippen LogP contribution in [0, 0.1) is 6.92 Å². The highest BCUT2D eigenvalue weighted by Crippen LogP contribution is 2.25. The van der Waals surface area contributed by atoms with E-state index in [1.807, 2.05) is 31.2 Å². The number of benzene rings is 2. The van der Waals surface area contributed by atoms with E-state index < -0.39 is 15.1 Å². The molecule has 1 N–H and O–H groups in total. The van der Waals surface area contributed by atoms with Crippen molar-refractivity contribution in [2.75, 3.05) is 18.4 Å². The second kappa shape index (κ2) is 7.27. The number of urea groups is 1. The average Bonchev–Trinajstić information content (AvgIpc) is 2.62. The summed E-state index contributed by atoms with van der Waals surface area (Å²) in [6.07, 6.45) is 0.914. The van der Waals surface area contributed by atoms with E-state index in [0.29, 0.717) is 30.8 Å². The monoisotopic (exact) mass is 358 g/mol. The molecular formula is C19H22N2O3S. The number of carbonyl (C=O) groups is 1. The Labute approximate surface area is 148 Å². The number of piperidine rings is 1. The van der Waals surface area contributed by atoms with Gasteiger partial charge in [0.05, 0.1) is 10.1 Å².